The second kappa shape index (κ2) is 13.6. The molecule has 0 aliphatic carbocycles. The lowest BCUT2D eigenvalue weighted by Gasteiger charge is -2.32. The zero-order valence-corrected chi connectivity index (χ0v) is 22.2. The highest BCUT2D eigenvalue weighted by molar-refractivity contribution is 6.35. The molecule has 0 saturated heterocycles. The molecule has 0 saturated carbocycles. The van der Waals surface area contributed by atoms with E-state index in [0.29, 0.717) is 22.2 Å². The minimum atomic E-state index is -0.853. The van der Waals surface area contributed by atoms with Gasteiger partial charge in [-0.1, -0.05) is 90.6 Å². The number of benzene rings is 3. The van der Waals surface area contributed by atoms with Crippen molar-refractivity contribution in [1.29, 1.82) is 0 Å². The van der Waals surface area contributed by atoms with Crippen LogP contribution >= 0.6 is 34.8 Å². The van der Waals surface area contributed by atoms with Crippen LogP contribution in [-0.4, -0.2) is 29.3 Å². The molecule has 0 fully saturated rings. The Morgan fingerprint density at radius 3 is 2.39 bits per heavy atom. The summed E-state index contributed by atoms with van der Waals surface area (Å²) in [6.45, 7) is 2.56. The van der Waals surface area contributed by atoms with Crippen molar-refractivity contribution in [3.05, 3.63) is 104 Å². The molecule has 4 nitrogen and oxygen atoms in total. The van der Waals surface area contributed by atoms with Crippen LogP contribution < -0.4 is 5.32 Å². The van der Waals surface area contributed by atoms with Gasteiger partial charge in [0.2, 0.25) is 11.8 Å². The van der Waals surface area contributed by atoms with Gasteiger partial charge in [0.15, 0.2) is 0 Å². The van der Waals surface area contributed by atoms with E-state index in [-0.39, 0.29) is 35.9 Å². The summed E-state index contributed by atoms with van der Waals surface area (Å²) in [4.78, 5) is 28.6. The van der Waals surface area contributed by atoms with E-state index in [2.05, 4.69) is 5.32 Å². The van der Waals surface area contributed by atoms with Gasteiger partial charge in [0.25, 0.3) is 0 Å². The van der Waals surface area contributed by atoms with E-state index < -0.39 is 17.8 Å². The highest BCUT2D eigenvalue weighted by Crippen LogP contribution is 2.26. The summed E-state index contributed by atoms with van der Waals surface area (Å²) in [6, 6.07) is 17.8. The third-order valence-electron chi connectivity index (χ3n) is 5.85. The molecule has 8 heteroatoms. The molecular weight excluding hydrogens is 522 g/mol. The second-order valence-electron chi connectivity index (χ2n) is 8.48. The van der Waals surface area contributed by atoms with Gasteiger partial charge in [0, 0.05) is 40.1 Å². The molecular formula is C28H28Cl3FN2O2. The SMILES string of the molecule is CCCCNC(=O)[C@H](Cc1ccccc1)N(Cc1ccc(Cl)cc1Cl)C(=O)Cc1c(F)cccc1Cl. The Balaban J connectivity index is 2.01. The van der Waals surface area contributed by atoms with Gasteiger partial charge in [0.05, 0.1) is 6.42 Å². The third kappa shape index (κ3) is 7.70. The van der Waals surface area contributed by atoms with Crippen LogP contribution in [0, 0.1) is 5.82 Å². The Hall–Kier alpha value is -2.60. The van der Waals surface area contributed by atoms with Gasteiger partial charge in [-0.3, -0.25) is 9.59 Å². The van der Waals surface area contributed by atoms with Crippen molar-refractivity contribution < 1.29 is 14.0 Å². The first kappa shape index (κ1) is 28.0. The number of carbonyl (C=O) groups is 2. The minimum absolute atomic E-state index is 0.0413. The largest absolute Gasteiger partial charge is 0.354 e. The van der Waals surface area contributed by atoms with Crippen molar-refractivity contribution in [2.24, 2.45) is 0 Å². The van der Waals surface area contributed by atoms with Crippen molar-refractivity contribution in [2.45, 2.75) is 45.2 Å². The average molecular weight is 550 g/mol. The second-order valence-corrected chi connectivity index (χ2v) is 9.74. The van der Waals surface area contributed by atoms with Crippen LogP contribution in [-0.2, 0) is 29.0 Å². The quantitative estimate of drug-likeness (QED) is 0.265. The maximum atomic E-state index is 14.6. The zero-order valence-electron chi connectivity index (χ0n) is 19.9. The van der Waals surface area contributed by atoms with Gasteiger partial charge >= 0.3 is 0 Å². The van der Waals surface area contributed by atoms with Crippen molar-refractivity contribution in [2.75, 3.05) is 6.54 Å². The fraction of sp³-hybridized carbons (Fsp3) is 0.286. The zero-order chi connectivity index (χ0) is 26.1. The summed E-state index contributed by atoms with van der Waals surface area (Å²) in [6.07, 6.45) is 1.70. The lowest BCUT2D eigenvalue weighted by atomic mass is 10.0. The monoisotopic (exact) mass is 548 g/mol. The van der Waals surface area contributed by atoms with Crippen molar-refractivity contribution in [3.8, 4) is 0 Å². The number of carbonyl (C=O) groups excluding carboxylic acids is 2. The number of nitrogens with one attached hydrogen (secondary N) is 1. The van der Waals surface area contributed by atoms with Crippen LogP contribution in [0.3, 0.4) is 0 Å². The molecule has 3 rings (SSSR count). The Labute approximate surface area is 226 Å². The van der Waals surface area contributed by atoms with Gasteiger partial charge in [-0.2, -0.15) is 0 Å². The molecule has 0 unspecified atom stereocenters. The predicted molar refractivity (Wildman–Crippen MR) is 144 cm³/mol. The number of amides is 2. The van der Waals surface area contributed by atoms with Crippen LogP contribution in [0.2, 0.25) is 15.1 Å². The van der Waals surface area contributed by atoms with Crippen LogP contribution in [0.15, 0.2) is 66.7 Å². The van der Waals surface area contributed by atoms with Gasteiger partial charge in [-0.25, -0.2) is 4.39 Å². The lowest BCUT2D eigenvalue weighted by molar-refractivity contribution is -0.140. The molecule has 0 spiro atoms. The standard InChI is InChI=1S/C28H28Cl3FN2O2/c1-2-3-14-33-28(36)26(15-19-8-5-4-6-9-19)34(18-20-12-13-21(29)16-24(20)31)27(35)17-22-23(30)10-7-11-25(22)32/h4-13,16,26H,2-3,14-15,17-18H2,1H3,(H,33,36)/t26-/m0/s1. The summed E-state index contributed by atoms with van der Waals surface area (Å²) >= 11 is 18.7. The number of hydrogen-bond acceptors (Lipinski definition) is 2. The number of halogens is 4. The Morgan fingerprint density at radius 1 is 0.972 bits per heavy atom. The van der Waals surface area contributed by atoms with Crippen molar-refractivity contribution in [3.63, 3.8) is 0 Å². The molecule has 0 heterocycles. The van der Waals surface area contributed by atoms with E-state index in [1.54, 1.807) is 18.2 Å². The fourth-order valence-electron chi connectivity index (χ4n) is 3.85. The minimum Gasteiger partial charge on any atom is -0.354 e. The van der Waals surface area contributed by atoms with E-state index in [1.807, 2.05) is 37.3 Å². The van der Waals surface area contributed by atoms with Crippen LogP contribution in [0.25, 0.3) is 0 Å². The molecule has 3 aromatic carbocycles. The molecule has 1 atom stereocenters. The third-order valence-corrected chi connectivity index (χ3v) is 6.79. The topological polar surface area (TPSA) is 49.4 Å². The summed E-state index contributed by atoms with van der Waals surface area (Å²) in [5.74, 6) is -1.31. The van der Waals surface area contributed by atoms with Crippen LogP contribution in [0.1, 0.15) is 36.5 Å². The molecule has 0 aliphatic heterocycles. The van der Waals surface area contributed by atoms with E-state index in [0.717, 1.165) is 18.4 Å². The summed E-state index contributed by atoms with van der Waals surface area (Å²) < 4.78 is 14.6. The number of unbranched alkanes of at least 4 members (excludes halogenated alkanes) is 1. The molecule has 2 amide bonds. The predicted octanol–water partition coefficient (Wildman–Crippen LogP) is 6.88. The molecule has 3 aromatic rings. The fourth-order valence-corrected chi connectivity index (χ4v) is 4.55. The molecule has 1 N–H and O–H groups in total. The van der Waals surface area contributed by atoms with Crippen molar-refractivity contribution in [1.82, 2.24) is 10.2 Å². The molecule has 0 aliphatic rings. The van der Waals surface area contributed by atoms with Crippen LogP contribution in [0.4, 0.5) is 4.39 Å². The number of hydrogen-bond donors (Lipinski definition) is 1. The number of nitrogens with zero attached hydrogens (tertiary/aromatic N) is 1. The van der Waals surface area contributed by atoms with E-state index in [4.69, 9.17) is 34.8 Å². The van der Waals surface area contributed by atoms with Gasteiger partial charge in [0.1, 0.15) is 11.9 Å². The molecule has 0 bridgehead atoms. The van der Waals surface area contributed by atoms with E-state index in [1.165, 1.54) is 23.1 Å². The van der Waals surface area contributed by atoms with Gasteiger partial charge in [-0.15, -0.1) is 0 Å². The van der Waals surface area contributed by atoms with Gasteiger partial charge in [-0.05, 0) is 41.8 Å². The lowest BCUT2D eigenvalue weighted by Crippen LogP contribution is -2.51. The normalized spacial score (nSPS) is 11.7. The maximum absolute atomic E-state index is 14.6. The smallest absolute Gasteiger partial charge is 0.243 e. The highest BCUT2D eigenvalue weighted by Gasteiger charge is 2.31. The molecule has 0 aromatic heterocycles. The van der Waals surface area contributed by atoms with Gasteiger partial charge < -0.3 is 10.2 Å². The molecule has 0 radical (unpaired) electrons. The Kier molecular flexibility index (Phi) is 10.6. The first-order valence-corrected chi connectivity index (χ1v) is 12.9. The van der Waals surface area contributed by atoms with E-state index in [9.17, 15) is 14.0 Å². The summed E-state index contributed by atoms with van der Waals surface area (Å²) in [5, 5.41) is 3.93. The summed E-state index contributed by atoms with van der Waals surface area (Å²) in [5.41, 5.74) is 1.59. The van der Waals surface area contributed by atoms with Crippen molar-refractivity contribution >= 4 is 46.6 Å². The van der Waals surface area contributed by atoms with Crippen LogP contribution in [0.5, 0.6) is 0 Å². The molecule has 190 valence electrons. The first-order chi connectivity index (χ1) is 17.3. The highest BCUT2D eigenvalue weighted by atomic mass is 35.5. The molecule has 36 heavy (non-hydrogen) atoms. The average Bonchev–Trinajstić information content (AvgIpc) is 2.85. The number of rotatable bonds is 11. The van der Waals surface area contributed by atoms with E-state index >= 15 is 0 Å². The Bertz CT molecular complexity index is 1170. The Morgan fingerprint density at radius 2 is 1.72 bits per heavy atom. The maximum Gasteiger partial charge on any atom is 0.243 e. The first-order valence-electron chi connectivity index (χ1n) is 11.8. The summed E-state index contributed by atoms with van der Waals surface area (Å²) in [7, 11) is 0.